The molecule has 0 atom stereocenters. The quantitative estimate of drug-likeness (QED) is 0.583. The molecule has 0 amide bonds. The predicted molar refractivity (Wildman–Crippen MR) is 85.6 cm³/mol. The van der Waals surface area contributed by atoms with Crippen LogP contribution >= 0.6 is 58.3 Å². The molecule has 0 saturated heterocycles. The van der Waals surface area contributed by atoms with Crippen LogP contribution in [0.5, 0.6) is 0 Å². The zero-order chi connectivity index (χ0) is 14.2. The maximum atomic E-state index is 11.4. The van der Waals surface area contributed by atoms with Crippen LogP contribution in [0.25, 0.3) is 9.53 Å². The van der Waals surface area contributed by atoms with Crippen LogP contribution in [0.15, 0.2) is 9.82 Å². The van der Waals surface area contributed by atoms with Gasteiger partial charge in [-0.05, 0) is 11.8 Å². The molecule has 4 nitrogen and oxygen atoms in total. The number of nitrogens with zero attached hydrogens (tertiary/aromatic N) is 3. The summed E-state index contributed by atoms with van der Waals surface area (Å²) < 4.78 is 1.02. The van der Waals surface area contributed by atoms with Gasteiger partial charge in [0.05, 0.1) is 15.3 Å². The molecule has 0 N–H and O–H groups in total. The van der Waals surface area contributed by atoms with Gasteiger partial charge in [-0.25, -0.2) is 4.98 Å². The molecule has 98 valence electrons. The molecule has 2 heterocycles. The Bertz CT molecular complexity index is 758. The van der Waals surface area contributed by atoms with Gasteiger partial charge in [0.1, 0.15) is 20.2 Å². The molecule has 0 saturated carbocycles. The number of hydrogen-bond acceptors (Lipinski definition) is 7. The highest BCUT2D eigenvalue weighted by atomic mass is 35.5. The summed E-state index contributed by atoms with van der Waals surface area (Å²) in [5.41, 5.74) is 0.291. The molecule has 0 aromatic carbocycles. The third-order valence-electron chi connectivity index (χ3n) is 2.06. The van der Waals surface area contributed by atoms with Crippen LogP contribution in [0.3, 0.4) is 0 Å². The minimum Gasteiger partial charge on any atom is -0.363 e. The van der Waals surface area contributed by atoms with Gasteiger partial charge in [-0.2, -0.15) is 5.26 Å². The standard InChI is InChI=1S/C10H6ClN3OS4/c1-14(2)9(16)18-7-5(11)4(3-12)6-8(13-7)19-10(15)17-6/h1-2H3. The van der Waals surface area contributed by atoms with Crippen molar-refractivity contribution in [2.45, 2.75) is 5.03 Å². The van der Waals surface area contributed by atoms with E-state index >= 15 is 0 Å². The zero-order valence-electron chi connectivity index (χ0n) is 9.76. The van der Waals surface area contributed by atoms with Crippen LogP contribution in [0, 0.1) is 11.3 Å². The van der Waals surface area contributed by atoms with Gasteiger partial charge in [0, 0.05) is 14.1 Å². The van der Waals surface area contributed by atoms with Crippen molar-refractivity contribution in [1.82, 2.24) is 9.88 Å². The number of pyridine rings is 1. The fraction of sp³-hybridized carbons (Fsp3) is 0.200. The number of thiocarbonyl (C=S) groups is 1. The predicted octanol–water partition coefficient (Wildman–Crippen LogP) is 3.18. The number of halogens is 1. The van der Waals surface area contributed by atoms with E-state index in [0.29, 0.717) is 24.4 Å². The number of fused-ring (bicyclic) bond motifs is 1. The lowest BCUT2D eigenvalue weighted by molar-refractivity contribution is 0.648. The van der Waals surface area contributed by atoms with E-state index in [2.05, 4.69) is 4.98 Å². The number of nitriles is 1. The van der Waals surface area contributed by atoms with Crippen LogP contribution < -0.4 is 4.06 Å². The molecule has 2 aromatic heterocycles. The monoisotopic (exact) mass is 347 g/mol. The molecule has 19 heavy (non-hydrogen) atoms. The zero-order valence-corrected chi connectivity index (χ0v) is 13.8. The Morgan fingerprint density at radius 2 is 2.21 bits per heavy atom. The molecule has 0 radical (unpaired) electrons. The lowest BCUT2D eigenvalue weighted by Gasteiger charge is -2.13. The van der Waals surface area contributed by atoms with Crippen LogP contribution in [0.4, 0.5) is 0 Å². The lowest BCUT2D eigenvalue weighted by atomic mass is 10.3. The van der Waals surface area contributed by atoms with Gasteiger partial charge < -0.3 is 4.90 Å². The molecule has 0 bridgehead atoms. The van der Waals surface area contributed by atoms with E-state index in [0.717, 1.165) is 22.7 Å². The van der Waals surface area contributed by atoms with Crippen LogP contribution in [0.1, 0.15) is 5.56 Å². The van der Waals surface area contributed by atoms with Crippen molar-refractivity contribution in [3.63, 3.8) is 0 Å². The summed E-state index contributed by atoms with van der Waals surface area (Å²) >= 11 is 14.6. The van der Waals surface area contributed by atoms with Gasteiger partial charge in [-0.3, -0.25) is 4.79 Å². The topological polar surface area (TPSA) is 57.0 Å². The van der Waals surface area contributed by atoms with Gasteiger partial charge in [-0.15, -0.1) is 0 Å². The van der Waals surface area contributed by atoms with E-state index in [-0.39, 0.29) is 9.08 Å². The highest BCUT2D eigenvalue weighted by Crippen LogP contribution is 2.36. The molecule has 0 unspecified atom stereocenters. The second kappa shape index (κ2) is 5.73. The molecule has 9 heteroatoms. The van der Waals surface area contributed by atoms with Gasteiger partial charge >= 0.3 is 0 Å². The first-order valence-electron chi connectivity index (χ1n) is 4.86. The summed E-state index contributed by atoms with van der Waals surface area (Å²) in [5, 5.41) is 9.89. The Balaban J connectivity index is 2.63. The van der Waals surface area contributed by atoms with Crippen molar-refractivity contribution in [1.29, 1.82) is 5.26 Å². The van der Waals surface area contributed by atoms with E-state index in [9.17, 15) is 10.1 Å². The van der Waals surface area contributed by atoms with Crippen molar-refractivity contribution in [2.24, 2.45) is 0 Å². The van der Waals surface area contributed by atoms with Gasteiger partial charge in [0.15, 0.2) is 0 Å². The van der Waals surface area contributed by atoms with E-state index < -0.39 is 0 Å². The number of thioether (sulfide) groups is 1. The largest absolute Gasteiger partial charge is 0.363 e. The fourth-order valence-electron chi connectivity index (χ4n) is 1.19. The Morgan fingerprint density at radius 1 is 1.53 bits per heavy atom. The average Bonchev–Trinajstić information content (AvgIpc) is 2.70. The summed E-state index contributed by atoms with van der Waals surface area (Å²) in [6, 6.07) is 2.03. The summed E-state index contributed by atoms with van der Waals surface area (Å²) in [5.74, 6) is 0. The molecule has 2 aromatic rings. The summed E-state index contributed by atoms with van der Waals surface area (Å²) in [6.07, 6.45) is 0. The van der Waals surface area contributed by atoms with E-state index in [4.69, 9.17) is 23.8 Å². The summed E-state index contributed by atoms with van der Waals surface area (Å²) in [4.78, 5) is 18.0. The van der Waals surface area contributed by atoms with Crippen molar-refractivity contribution < 1.29 is 0 Å². The van der Waals surface area contributed by atoms with Gasteiger partial charge in [-0.1, -0.05) is 46.5 Å². The highest BCUT2D eigenvalue weighted by Gasteiger charge is 2.18. The molecule has 0 aliphatic rings. The van der Waals surface area contributed by atoms with Gasteiger partial charge in [0.2, 0.25) is 0 Å². The minimum atomic E-state index is -0.104. The van der Waals surface area contributed by atoms with Crippen LogP contribution in [-0.2, 0) is 0 Å². The summed E-state index contributed by atoms with van der Waals surface area (Å²) in [6.45, 7) is 0. The molecule has 0 aliphatic heterocycles. The Kier molecular flexibility index (Phi) is 4.43. The first-order chi connectivity index (χ1) is 8.93. The van der Waals surface area contributed by atoms with E-state index in [1.165, 1.54) is 11.8 Å². The second-order valence-electron chi connectivity index (χ2n) is 3.57. The SMILES string of the molecule is CN(C)C(=S)Sc1nc2sc(=O)sc2c(C#N)c1Cl. The third-order valence-corrected chi connectivity index (χ3v) is 6.23. The van der Waals surface area contributed by atoms with Crippen molar-refractivity contribution in [3.05, 3.63) is 19.4 Å². The number of hydrogen-bond donors (Lipinski definition) is 0. The first-order valence-corrected chi connectivity index (χ1v) is 8.10. The normalized spacial score (nSPS) is 10.4. The Labute approximate surface area is 131 Å². The molecule has 0 spiro atoms. The van der Waals surface area contributed by atoms with Gasteiger partial charge in [0.25, 0.3) is 4.06 Å². The maximum absolute atomic E-state index is 11.4. The smallest absolute Gasteiger partial charge is 0.290 e. The molecular weight excluding hydrogens is 342 g/mol. The molecule has 0 fully saturated rings. The summed E-state index contributed by atoms with van der Waals surface area (Å²) in [7, 11) is 3.63. The van der Waals surface area contributed by atoms with Crippen molar-refractivity contribution in [3.8, 4) is 6.07 Å². The maximum Gasteiger partial charge on any atom is 0.290 e. The second-order valence-corrected chi connectivity index (χ2v) is 7.77. The molecule has 2 rings (SSSR count). The minimum absolute atomic E-state index is 0.104. The van der Waals surface area contributed by atoms with E-state index in [1.54, 1.807) is 4.90 Å². The van der Waals surface area contributed by atoms with Crippen molar-refractivity contribution >= 4 is 72.1 Å². The van der Waals surface area contributed by atoms with E-state index in [1.807, 2.05) is 20.2 Å². The van der Waals surface area contributed by atoms with Crippen LogP contribution in [0.2, 0.25) is 5.02 Å². The molecular formula is C10H6ClN3OS4. The van der Waals surface area contributed by atoms with Crippen molar-refractivity contribution in [2.75, 3.05) is 14.1 Å². The Morgan fingerprint density at radius 3 is 2.79 bits per heavy atom. The lowest BCUT2D eigenvalue weighted by Crippen LogP contribution is -2.16. The fourth-order valence-corrected chi connectivity index (χ4v) is 4.46. The highest BCUT2D eigenvalue weighted by molar-refractivity contribution is 8.22. The number of aromatic nitrogens is 1. The third kappa shape index (κ3) is 2.90. The average molecular weight is 348 g/mol. The number of rotatable bonds is 1. The molecule has 0 aliphatic carbocycles. The van der Waals surface area contributed by atoms with Crippen LogP contribution in [-0.4, -0.2) is 28.3 Å². The Hall–Kier alpha value is -0.720. The first kappa shape index (κ1) is 14.7.